The normalized spacial score (nSPS) is 10.3. The Bertz CT molecular complexity index is 779. The smallest absolute Gasteiger partial charge is 0.249 e. The Kier molecular flexibility index (Phi) is 4.11. The maximum atomic E-state index is 13.6. The van der Waals surface area contributed by atoms with Crippen LogP contribution in [0.1, 0.15) is 0 Å². The lowest BCUT2D eigenvalue weighted by Gasteiger charge is -2.08. The highest BCUT2D eigenvalue weighted by molar-refractivity contribution is 6.30. The van der Waals surface area contributed by atoms with Crippen LogP contribution in [-0.4, -0.2) is 15.2 Å². The summed E-state index contributed by atoms with van der Waals surface area (Å²) in [5.41, 5.74) is 1.09. The zero-order chi connectivity index (χ0) is 15.4. The number of hydrogen-bond acceptors (Lipinski definition) is 5. The van der Waals surface area contributed by atoms with Gasteiger partial charge in [-0.05, 0) is 36.4 Å². The van der Waals surface area contributed by atoms with Crippen molar-refractivity contribution >= 4 is 34.7 Å². The number of aromatic nitrogens is 3. The van der Waals surface area contributed by atoms with Crippen LogP contribution in [0.15, 0.2) is 54.7 Å². The van der Waals surface area contributed by atoms with E-state index in [0.29, 0.717) is 22.5 Å². The molecular weight excluding hydrogens is 305 g/mol. The van der Waals surface area contributed by atoms with Gasteiger partial charge in [0.15, 0.2) is 5.82 Å². The first-order valence-electron chi connectivity index (χ1n) is 6.44. The van der Waals surface area contributed by atoms with Gasteiger partial charge in [0.1, 0.15) is 5.82 Å². The number of rotatable bonds is 4. The fraction of sp³-hybridized carbons (Fsp3) is 0. The number of benzene rings is 2. The molecule has 2 aromatic carbocycles. The summed E-state index contributed by atoms with van der Waals surface area (Å²) in [4.78, 5) is 4.23. The van der Waals surface area contributed by atoms with Crippen LogP contribution >= 0.6 is 11.6 Å². The van der Waals surface area contributed by atoms with Gasteiger partial charge in [0, 0.05) is 10.7 Å². The highest BCUT2D eigenvalue weighted by atomic mass is 35.5. The van der Waals surface area contributed by atoms with E-state index in [2.05, 4.69) is 25.8 Å². The molecule has 0 fully saturated rings. The van der Waals surface area contributed by atoms with Gasteiger partial charge in [-0.2, -0.15) is 10.1 Å². The largest absolute Gasteiger partial charge is 0.336 e. The van der Waals surface area contributed by atoms with Crippen LogP contribution in [0.2, 0.25) is 5.02 Å². The van der Waals surface area contributed by atoms with Crippen molar-refractivity contribution in [1.29, 1.82) is 0 Å². The molecule has 0 spiro atoms. The molecular formula is C15H11ClFN5. The first-order valence-corrected chi connectivity index (χ1v) is 6.82. The molecule has 0 atom stereocenters. The zero-order valence-electron chi connectivity index (χ0n) is 11.3. The molecule has 0 aliphatic heterocycles. The SMILES string of the molecule is Fc1ccccc1Nc1cnnc(Nc2ccc(Cl)cc2)n1. The van der Waals surface area contributed by atoms with E-state index >= 15 is 0 Å². The van der Waals surface area contributed by atoms with Crippen LogP contribution in [0.3, 0.4) is 0 Å². The number of anilines is 4. The summed E-state index contributed by atoms with van der Waals surface area (Å²) >= 11 is 5.83. The van der Waals surface area contributed by atoms with Crippen molar-refractivity contribution in [3.63, 3.8) is 0 Å². The van der Waals surface area contributed by atoms with Crippen molar-refractivity contribution in [1.82, 2.24) is 15.2 Å². The van der Waals surface area contributed by atoms with E-state index in [1.54, 1.807) is 42.5 Å². The van der Waals surface area contributed by atoms with Crippen molar-refractivity contribution in [3.8, 4) is 0 Å². The van der Waals surface area contributed by atoms with Crippen molar-refractivity contribution in [2.24, 2.45) is 0 Å². The summed E-state index contributed by atoms with van der Waals surface area (Å²) in [6, 6.07) is 13.4. The summed E-state index contributed by atoms with van der Waals surface area (Å²) < 4.78 is 13.6. The first kappa shape index (κ1) is 14.2. The average molecular weight is 316 g/mol. The molecule has 0 bridgehead atoms. The van der Waals surface area contributed by atoms with Gasteiger partial charge in [-0.1, -0.05) is 23.7 Å². The third-order valence-corrected chi connectivity index (χ3v) is 3.05. The second-order valence-corrected chi connectivity index (χ2v) is 4.84. The maximum absolute atomic E-state index is 13.6. The molecule has 0 radical (unpaired) electrons. The number of hydrogen-bond donors (Lipinski definition) is 2. The number of para-hydroxylation sites is 1. The predicted molar refractivity (Wildman–Crippen MR) is 84.2 cm³/mol. The molecule has 2 N–H and O–H groups in total. The molecule has 0 unspecified atom stereocenters. The summed E-state index contributed by atoms with van der Waals surface area (Å²) in [7, 11) is 0. The zero-order valence-corrected chi connectivity index (χ0v) is 12.0. The third kappa shape index (κ3) is 3.48. The van der Waals surface area contributed by atoms with Gasteiger partial charge in [-0.25, -0.2) is 4.39 Å². The summed E-state index contributed by atoms with van der Waals surface area (Å²) in [5.74, 6) is 0.313. The monoisotopic (exact) mass is 315 g/mol. The van der Waals surface area contributed by atoms with Crippen molar-refractivity contribution < 1.29 is 4.39 Å². The molecule has 7 heteroatoms. The Hall–Kier alpha value is -2.73. The molecule has 0 amide bonds. The second-order valence-electron chi connectivity index (χ2n) is 4.40. The van der Waals surface area contributed by atoms with Gasteiger partial charge in [-0.3, -0.25) is 0 Å². The lowest BCUT2D eigenvalue weighted by Crippen LogP contribution is -2.03. The lowest BCUT2D eigenvalue weighted by molar-refractivity contribution is 0.632. The van der Waals surface area contributed by atoms with Gasteiger partial charge in [0.25, 0.3) is 0 Å². The van der Waals surface area contributed by atoms with E-state index in [-0.39, 0.29) is 5.82 Å². The molecule has 0 aliphatic rings. The fourth-order valence-corrected chi connectivity index (χ4v) is 1.91. The molecule has 0 saturated heterocycles. The highest BCUT2D eigenvalue weighted by Crippen LogP contribution is 2.19. The molecule has 1 aromatic heterocycles. The predicted octanol–water partition coefficient (Wildman–Crippen LogP) is 4.15. The Morgan fingerprint density at radius 1 is 0.955 bits per heavy atom. The summed E-state index contributed by atoms with van der Waals surface area (Å²) in [6.07, 6.45) is 1.42. The van der Waals surface area contributed by atoms with E-state index in [1.165, 1.54) is 12.3 Å². The minimum Gasteiger partial charge on any atom is -0.336 e. The van der Waals surface area contributed by atoms with E-state index in [9.17, 15) is 4.39 Å². The third-order valence-electron chi connectivity index (χ3n) is 2.80. The minimum atomic E-state index is -0.367. The van der Waals surface area contributed by atoms with Crippen LogP contribution in [0.5, 0.6) is 0 Å². The Balaban J connectivity index is 1.78. The van der Waals surface area contributed by atoms with Crippen LogP contribution in [0.25, 0.3) is 0 Å². The average Bonchev–Trinajstić information content (AvgIpc) is 2.52. The van der Waals surface area contributed by atoms with Gasteiger partial charge in [0.05, 0.1) is 11.9 Å². The molecule has 22 heavy (non-hydrogen) atoms. The van der Waals surface area contributed by atoms with Crippen LogP contribution in [0, 0.1) is 5.82 Å². The maximum Gasteiger partial charge on any atom is 0.249 e. The van der Waals surface area contributed by atoms with E-state index < -0.39 is 0 Å². The molecule has 3 rings (SSSR count). The van der Waals surface area contributed by atoms with E-state index in [0.717, 1.165) is 5.69 Å². The molecule has 1 heterocycles. The van der Waals surface area contributed by atoms with Crippen molar-refractivity contribution in [2.75, 3.05) is 10.6 Å². The molecule has 0 saturated carbocycles. The topological polar surface area (TPSA) is 62.7 Å². The quantitative estimate of drug-likeness (QED) is 0.757. The number of halogens is 2. The molecule has 110 valence electrons. The molecule has 0 aliphatic carbocycles. The molecule has 5 nitrogen and oxygen atoms in total. The standard InChI is InChI=1S/C15H11ClFN5/c16-10-5-7-11(8-6-10)19-15-21-14(9-18-22-15)20-13-4-2-1-3-12(13)17/h1-9H,(H2,19,20,21,22). The van der Waals surface area contributed by atoms with E-state index in [1.807, 2.05) is 0 Å². The highest BCUT2D eigenvalue weighted by Gasteiger charge is 2.05. The van der Waals surface area contributed by atoms with Crippen LogP contribution < -0.4 is 10.6 Å². The van der Waals surface area contributed by atoms with Gasteiger partial charge >= 0.3 is 0 Å². The lowest BCUT2D eigenvalue weighted by atomic mass is 10.3. The van der Waals surface area contributed by atoms with Gasteiger partial charge in [0.2, 0.25) is 5.95 Å². The Labute approximate surface area is 131 Å². The van der Waals surface area contributed by atoms with Gasteiger partial charge < -0.3 is 10.6 Å². The Morgan fingerprint density at radius 3 is 2.50 bits per heavy atom. The fourth-order valence-electron chi connectivity index (χ4n) is 1.78. The minimum absolute atomic E-state index is 0.295. The molecule has 3 aromatic rings. The summed E-state index contributed by atoms with van der Waals surface area (Å²) in [6.45, 7) is 0. The van der Waals surface area contributed by atoms with Crippen molar-refractivity contribution in [3.05, 3.63) is 65.6 Å². The number of nitrogens with zero attached hydrogens (tertiary/aromatic N) is 3. The first-order chi connectivity index (χ1) is 10.7. The van der Waals surface area contributed by atoms with Gasteiger partial charge in [-0.15, -0.1) is 5.10 Å². The van der Waals surface area contributed by atoms with Crippen LogP contribution in [-0.2, 0) is 0 Å². The Morgan fingerprint density at radius 2 is 1.73 bits per heavy atom. The summed E-state index contributed by atoms with van der Waals surface area (Å²) in [5, 5.41) is 14.2. The number of nitrogens with one attached hydrogen (secondary N) is 2. The van der Waals surface area contributed by atoms with Crippen molar-refractivity contribution in [2.45, 2.75) is 0 Å². The second kappa shape index (κ2) is 6.36. The van der Waals surface area contributed by atoms with Crippen LogP contribution in [0.4, 0.5) is 27.5 Å². The van der Waals surface area contributed by atoms with E-state index in [4.69, 9.17) is 11.6 Å².